The normalized spacial score (nSPS) is 27.7. The molecule has 0 spiro atoms. The summed E-state index contributed by atoms with van der Waals surface area (Å²) in [7, 11) is 0.963. The Labute approximate surface area is 81.4 Å². The predicted molar refractivity (Wildman–Crippen MR) is 45.1 cm³/mol. The molecule has 14 heavy (non-hydrogen) atoms. The van der Waals surface area contributed by atoms with Gasteiger partial charge in [-0.15, -0.1) is 0 Å². The van der Waals surface area contributed by atoms with Crippen molar-refractivity contribution >= 4 is 5.97 Å². The lowest BCUT2D eigenvalue weighted by Crippen LogP contribution is -2.33. The Morgan fingerprint density at radius 3 is 2.64 bits per heavy atom. The van der Waals surface area contributed by atoms with Crippen molar-refractivity contribution in [3.05, 3.63) is 0 Å². The van der Waals surface area contributed by atoms with E-state index in [9.17, 15) is 13.6 Å². The van der Waals surface area contributed by atoms with E-state index in [1.165, 1.54) is 0 Å². The van der Waals surface area contributed by atoms with Crippen LogP contribution >= 0.6 is 0 Å². The van der Waals surface area contributed by atoms with Crippen LogP contribution in [0.15, 0.2) is 0 Å². The summed E-state index contributed by atoms with van der Waals surface area (Å²) < 4.78 is 35.3. The number of halogens is 2. The third-order valence-corrected chi connectivity index (χ3v) is 2.52. The molecule has 1 heterocycles. The van der Waals surface area contributed by atoms with Gasteiger partial charge in [-0.2, -0.15) is 8.78 Å². The molecule has 3 nitrogen and oxygen atoms in total. The maximum atomic E-state index is 13.1. The lowest BCUT2D eigenvalue weighted by molar-refractivity contribution is -0.171. The third-order valence-electron chi connectivity index (χ3n) is 2.52. The molecule has 1 aliphatic heterocycles. The van der Waals surface area contributed by atoms with Crippen LogP contribution in [-0.4, -0.2) is 32.2 Å². The van der Waals surface area contributed by atoms with Gasteiger partial charge < -0.3 is 9.47 Å². The molecule has 0 aromatic heterocycles. The third kappa shape index (κ3) is 2.41. The lowest BCUT2D eigenvalue weighted by Gasteiger charge is -2.19. The molecule has 82 valence electrons. The Hall–Kier alpha value is -0.710. The van der Waals surface area contributed by atoms with E-state index in [0.717, 1.165) is 7.11 Å². The fraction of sp³-hybridized carbons (Fsp3) is 0.889. The molecule has 1 rings (SSSR count). The minimum Gasteiger partial charge on any atom is -0.465 e. The second-order valence-electron chi connectivity index (χ2n) is 3.67. The van der Waals surface area contributed by atoms with Crippen molar-refractivity contribution in [2.45, 2.75) is 19.3 Å². The highest BCUT2D eigenvalue weighted by atomic mass is 19.3. The summed E-state index contributed by atoms with van der Waals surface area (Å²) >= 11 is 0. The summed E-state index contributed by atoms with van der Waals surface area (Å²) in [6.45, 7) is 2.63. The molecule has 1 saturated heterocycles. The Morgan fingerprint density at radius 1 is 1.57 bits per heavy atom. The smallest absolute Gasteiger partial charge is 0.376 e. The van der Waals surface area contributed by atoms with Crippen molar-refractivity contribution in [2.75, 3.05) is 20.3 Å². The van der Waals surface area contributed by atoms with E-state index < -0.39 is 18.3 Å². The largest absolute Gasteiger partial charge is 0.465 e. The number of carbonyl (C=O) groups is 1. The molecule has 1 fully saturated rings. The second-order valence-corrected chi connectivity index (χ2v) is 3.67. The Morgan fingerprint density at radius 2 is 2.21 bits per heavy atom. The van der Waals surface area contributed by atoms with Crippen molar-refractivity contribution < 1.29 is 23.0 Å². The van der Waals surface area contributed by atoms with Crippen LogP contribution in [0, 0.1) is 11.8 Å². The molecule has 0 amide bonds. The van der Waals surface area contributed by atoms with Crippen molar-refractivity contribution in [3.8, 4) is 0 Å². The zero-order chi connectivity index (χ0) is 10.8. The average molecular weight is 208 g/mol. The van der Waals surface area contributed by atoms with Crippen molar-refractivity contribution in [1.29, 1.82) is 0 Å². The van der Waals surface area contributed by atoms with Crippen LogP contribution in [-0.2, 0) is 14.3 Å². The Balaban J connectivity index is 2.53. The number of alkyl halides is 2. The highest BCUT2D eigenvalue weighted by molar-refractivity contribution is 5.77. The van der Waals surface area contributed by atoms with Gasteiger partial charge in [-0.3, -0.25) is 0 Å². The number of carbonyl (C=O) groups excluding carboxylic acids is 1. The van der Waals surface area contributed by atoms with Crippen LogP contribution in [0.3, 0.4) is 0 Å². The first kappa shape index (κ1) is 11.4. The van der Waals surface area contributed by atoms with Gasteiger partial charge in [-0.1, -0.05) is 6.92 Å². The van der Waals surface area contributed by atoms with Gasteiger partial charge in [0.1, 0.15) is 0 Å². The molecular formula is C9H14F2O3. The SMILES string of the molecule is COC(=O)C(F)(F)CC1COCC1C. The van der Waals surface area contributed by atoms with Crippen LogP contribution < -0.4 is 0 Å². The molecule has 0 N–H and O–H groups in total. The van der Waals surface area contributed by atoms with Gasteiger partial charge in [0.05, 0.1) is 7.11 Å². The monoisotopic (exact) mass is 208 g/mol. The summed E-state index contributed by atoms with van der Waals surface area (Å²) in [5.74, 6) is -5.03. The van der Waals surface area contributed by atoms with E-state index in [0.29, 0.717) is 13.2 Å². The molecule has 1 aliphatic rings. The number of methoxy groups -OCH3 is 1. The predicted octanol–water partition coefficient (Wildman–Crippen LogP) is 1.47. The molecule has 0 aromatic rings. The summed E-state index contributed by atoms with van der Waals surface area (Å²) in [4.78, 5) is 10.7. The van der Waals surface area contributed by atoms with Gasteiger partial charge in [-0.05, 0) is 11.8 Å². The van der Waals surface area contributed by atoms with Gasteiger partial charge in [0.2, 0.25) is 0 Å². The Bertz CT molecular complexity index is 218. The minimum atomic E-state index is -3.39. The van der Waals surface area contributed by atoms with E-state index in [1.54, 1.807) is 0 Å². The fourth-order valence-electron chi connectivity index (χ4n) is 1.53. The maximum absolute atomic E-state index is 13.1. The first-order valence-corrected chi connectivity index (χ1v) is 4.51. The number of hydrogen-bond donors (Lipinski definition) is 0. The van der Waals surface area contributed by atoms with Gasteiger partial charge in [0, 0.05) is 19.6 Å². The average Bonchev–Trinajstić information content (AvgIpc) is 2.50. The van der Waals surface area contributed by atoms with E-state index in [2.05, 4.69) is 4.74 Å². The minimum absolute atomic E-state index is 0.0746. The molecule has 0 bridgehead atoms. The van der Waals surface area contributed by atoms with Crippen molar-refractivity contribution in [1.82, 2.24) is 0 Å². The molecular weight excluding hydrogens is 194 g/mol. The lowest BCUT2D eigenvalue weighted by atomic mass is 9.92. The van der Waals surface area contributed by atoms with Crippen LogP contribution in [0.4, 0.5) is 8.78 Å². The zero-order valence-corrected chi connectivity index (χ0v) is 8.26. The van der Waals surface area contributed by atoms with E-state index in [-0.39, 0.29) is 11.8 Å². The van der Waals surface area contributed by atoms with Crippen LogP contribution in [0.2, 0.25) is 0 Å². The molecule has 2 atom stereocenters. The molecule has 5 heteroatoms. The van der Waals surface area contributed by atoms with Crippen LogP contribution in [0.1, 0.15) is 13.3 Å². The molecule has 0 aliphatic carbocycles. The second kappa shape index (κ2) is 4.21. The summed E-state index contributed by atoms with van der Waals surface area (Å²) in [5, 5.41) is 0. The van der Waals surface area contributed by atoms with Crippen molar-refractivity contribution in [3.63, 3.8) is 0 Å². The zero-order valence-electron chi connectivity index (χ0n) is 8.26. The van der Waals surface area contributed by atoms with Gasteiger partial charge in [0.25, 0.3) is 0 Å². The van der Waals surface area contributed by atoms with Gasteiger partial charge in [-0.25, -0.2) is 4.79 Å². The standard InChI is InChI=1S/C9H14F2O3/c1-6-4-14-5-7(6)3-9(10,11)8(12)13-2/h6-7H,3-5H2,1-2H3. The highest BCUT2D eigenvalue weighted by Crippen LogP contribution is 2.32. The molecule has 2 unspecified atom stereocenters. The molecule has 0 saturated carbocycles. The van der Waals surface area contributed by atoms with Gasteiger partial charge in [0.15, 0.2) is 0 Å². The fourth-order valence-corrected chi connectivity index (χ4v) is 1.53. The number of hydrogen-bond acceptors (Lipinski definition) is 3. The summed E-state index contributed by atoms with van der Waals surface area (Å²) in [6, 6.07) is 0. The number of esters is 1. The first-order valence-electron chi connectivity index (χ1n) is 4.51. The quantitative estimate of drug-likeness (QED) is 0.659. The summed E-state index contributed by atoms with van der Waals surface area (Å²) in [5.41, 5.74) is 0. The number of rotatable bonds is 3. The summed E-state index contributed by atoms with van der Waals surface area (Å²) in [6.07, 6.45) is -0.485. The molecule has 0 radical (unpaired) electrons. The highest BCUT2D eigenvalue weighted by Gasteiger charge is 2.44. The van der Waals surface area contributed by atoms with Gasteiger partial charge >= 0.3 is 11.9 Å². The molecule has 0 aromatic carbocycles. The van der Waals surface area contributed by atoms with Crippen molar-refractivity contribution in [2.24, 2.45) is 11.8 Å². The van der Waals surface area contributed by atoms with E-state index in [4.69, 9.17) is 4.74 Å². The first-order chi connectivity index (χ1) is 6.47. The maximum Gasteiger partial charge on any atom is 0.376 e. The Kier molecular flexibility index (Phi) is 3.42. The van der Waals surface area contributed by atoms with E-state index >= 15 is 0 Å². The topological polar surface area (TPSA) is 35.5 Å². The van der Waals surface area contributed by atoms with E-state index in [1.807, 2.05) is 6.92 Å². The number of ether oxygens (including phenoxy) is 2. The van der Waals surface area contributed by atoms with Crippen LogP contribution in [0.5, 0.6) is 0 Å². The van der Waals surface area contributed by atoms with Crippen LogP contribution in [0.25, 0.3) is 0 Å².